The molecule has 1 atom stereocenters. The fourth-order valence-electron chi connectivity index (χ4n) is 3.94. The molecule has 0 aliphatic carbocycles. The smallest absolute Gasteiger partial charge is 0.255 e. The number of hydrogen-bond acceptors (Lipinski definition) is 4. The normalized spacial score (nSPS) is 12.1. The molecule has 0 aliphatic heterocycles. The van der Waals surface area contributed by atoms with Gasteiger partial charge < -0.3 is 16.2 Å². The maximum atomic E-state index is 12.9. The van der Waals surface area contributed by atoms with Crippen molar-refractivity contribution in [2.24, 2.45) is 5.73 Å². The van der Waals surface area contributed by atoms with Crippen LogP contribution in [-0.4, -0.2) is 22.3 Å². The number of aryl methyl sites for hydroxylation is 4. The number of benzene rings is 2. The van der Waals surface area contributed by atoms with Gasteiger partial charge in [-0.2, -0.15) is 0 Å². The van der Waals surface area contributed by atoms with Crippen LogP contribution in [0.25, 0.3) is 5.69 Å². The number of nitrogens with two attached hydrogens (primary N) is 1. The molecular weight excluding hydrogens is 386 g/mol. The van der Waals surface area contributed by atoms with Crippen LogP contribution >= 0.6 is 0 Å². The topological polar surface area (TPSA) is 80.3 Å². The van der Waals surface area contributed by atoms with Crippen LogP contribution < -0.4 is 16.6 Å². The molecule has 164 valence electrons. The number of nitrogens with zero attached hydrogens (tertiary/aromatic N) is 1. The van der Waals surface area contributed by atoms with Gasteiger partial charge in [-0.1, -0.05) is 24.3 Å². The maximum absolute atomic E-state index is 12.9. The van der Waals surface area contributed by atoms with E-state index in [0.29, 0.717) is 25.9 Å². The number of anilines is 1. The Morgan fingerprint density at radius 1 is 0.968 bits per heavy atom. The van der Waals surface area contributed by atoms with E-state index in [1.165, 1.54) is 11.1 Å². The number of aliphatic hydroxyl groups is 1. The molecule has 2 aromatic carbocycles. The summed E-state index contributed by atoms with van der Waals surface area (Å²) < 4.78 is 1.76. The summed E-state index contributed by atoms with van der Waals surface area (Å²) in [5.74, 6) is 0. The lowest BCUT2D eigenvalue weighted by molar-refractivity contribution is 0.177. The third-order valence-corrected chi connectivity index (χ3v) is 5.98. The molecule has 0 saturated heterocycles. The summed E-state index contributed by atoms with van der Waals surface area (Å²) in [6.45, 7) is 8.88. The van der Waals surface area contributed by atoms with Crippen molar-refractivity contribution < 1.29 is 5.11 Å². The van der Waals surface area contributed by atoms with E-state index in [0.717, 1.165) is 33.8 Å². The van der Waals surface area contributed by atoms with E-state index in [9.17, 15) is 9.90 Å². The van der Waals surface area contributed by atoms with Gasteiger partial charge in [-0.15, -0.1) is 0 Å². The van der Waals surface area contributed by atoms with E-state index in [-0.39, 0.29) is 5.56 Å². The van der Waals surface area contributed by atoms with Gasteiger partial charge in [-0.05, 0) is 86.6 Å². The zero-order valence-corrected chi connectivity index (χ0v) is 18.9. The van der Waals surface area contributed by atoms with Crippen molar-refractivity contribution in [1.82, 2.24) is 4.57 Å². The molecule has 3 rings (SSSR count). The van der Waals surface area contributed by atoms with E-state index in [1.807, 2.05) is 44.2 Å². The van der Waals surface area contributed by atoms with Crippen LogP contribution in [0.4, 0.5) is 5.69 Å². The van der Waals surface area contributed by atoms with Crippen LogP contribution in [0.5, 0.6) is 0 Å². The second kappa shape index (κ2) is 9.94. The predicted molar refractivity (Wildman–Crippen MR) is 128 cm³/mol. The molecule has 0 fully saturated rings. The monoisotopic (exact) mass is 419 g/mol. The lowest BCUT2D eigenvalue weighted by atomic mass is 10.0. The van der Waals surface area contributed by atoms with E-state index in [2.05, 4.69) is 31.3 Å². The fourth-order valence-corrected chi connectivity index (χ4v) is 3.94. The molecule has 1 heterocycles. The first-order valence-electron chi connectivity index (χ1n) is 10.8. The van der Waals surface area contributed by atoms with Crippen molar-refractivity contribution >= 4 is 5.69 Å². The van der Waals surface area contributed by atoms with E-state index in [1.54, 1.807) is 10.6 Å². The number of aliphatic hydroxyl groups excluding tert-OH is 1. The highest BCUT2D eigenvalue weighted by atomic mass is 16.3. The molecule has 0 bridgehead atoms. The summed E-state index contributed by atoms with van der Waals surface area (Å²) in [5, 5.41) is 13.9. The molecule has 4 N–H and O–H groups in total. The molecule has 0 spiro atoms. The molecular formula is C26H33N3O2. The van der Waals surface area contributed by atoms with Gasteiger partial charge in [0.2, 0.25) is 0 Å². The number of para-hydroxylation sites is 1. The molecule has 1 unspecified atom stereocenters. The van der Waals surface area contributed by atoms with Crippen LogP contribution in [0.1, 0.15) is 39.9 Å². The summed E-state index contributed by atoms with van der Waals surface area (Å²) in [5.41, 5.74) is 14.1. The van der Waals surface area contributed by atoms with Gasteiger partial charge in [-0.3, -0.25) is 9.36 Å². The van der Waals surface area contributed by atoms with Gasteiger partial charge in [-0.25, -0.2) is 0 Å². The van der Waals surface area contributed by atoms with Crippen molar-refractivity contribution in [3.05, 3.63) is 92.4 Å². The van der Waals surface area contributed by atoms with Gasteiger partial charge >= 0.3 is 0 Å². The van der Waals surface area contributed by atoms with E-state index >= 15 is 0 Å². The highest BCUT2D eigenvalue weighted by molar-refractivity contribution is 5.48. The Morgan fingerprint density at radius 3 is 2.39 bits per heavy atom. The minimum absolute atomic E-state index is 0.0678. The number of rotatable bonds is 8. The van der Waals surface area contributed by atoms with Crippen molar-refractivity contribution in [1.29, 1.82) is 0 Å². The number of aromatic nitrogens is 1. The van der Waals surface area contributed by atoms with Gasteiger partial charge in [0.15, 0.2) is 0 Å². The van der Waals surface area contributed by atoms with Crippen LogP contribution in [0.3, 0.4) is 0 Å². The Kier molecular flexibility index (Phi) is 7.31. The van der Waals surface area contributed by atoms with Crippen LogP contribution in [-0.2, 0) is 13.0 Å². The second-order valence-electron chi connectivity index (χ2n) is 8.29. The highest BCUT2D eigenvalue weighted by Crippen LogP contribution is 2.21. The molecule has 0 saturated carbocycles. The lowest BCUT2D eigenvalue weighted by Crippen LogP contribution is -2.27. The Bertz CT molecular complexity index is 1120. The lowest BCUT2D eigenvalue weighted by Gasteiger charge is -2.21. The predicted octanol–water partition coefficient (Wildman–Crippen LogP) is 3.94. The quantitative estimate of drug-likeness (QED) is 0.517. The van der Waals surface area contributed by atoms with Crippen molar-refractivity contribution in [2.45, 2.75) is 53.2 Å². The Labute approximate surface area is 184 Å². The first-order chi connectivity index (χ1) is 14.8. The fraction of sp³-hybridized carbons (Fsp3) is 0.346. The maximum Gasteiger partial charge on any atom is 0.255 e. The zero-order chi connectivity index (χ0) is 22.5. The van der Waals surface area contributed by atoms with E-state index < -0.39 is 6.10 Å². The van der Waals surface area contributed by atoms with Crippen LogP contribution in [0.15, 0.2) is 53.3 Å². The molecule has 1 aromatic heterocycles. The average molecular weight is 420 g/mol. The molecule has 5 heteroatoms. The summed E-state index contributed by atoms with van der Waals surface area (Å²) in [7, 11) is 0. The van der Waals surface area contributed by atoms with Crippen molar-refractivity contribution in [2.75, 3.05) is 11.9 Å². The average Bonchev–Trinajstić information content (AvgIpc) is 2.74. The number of nitrogens with one attached hydrogen (secondary N) is 1. The summed E-state index contributed by atoms with van der Waals surface area (Å²) >= 11 is 0. The largest absolute Gasteiger partial charge is 0.391 e. The van der Waals surface area contributed by atoms with E-state index in [4.69, 9.17) is 5.73 Å². The number of hydrogen-bond donors (Lipinski definition) is 3. The first-order valence-corrected chi connectivity index (χ1v) is 10.8. The highest BCUT2D eigenvalue weighted by Gasteiger charge is 2.17. The Morgan fingerprint density at radius 2 is 1.71 bits per heavy atom. The molecule has 0 amide bonds. The molecule has 5 nitrogen and oxygen atoms in total. The van der Waals surface area contributed by atoms with Gasteiger partial charge in [0.05, 0.1) is 11.8 Å². The third kappa shape index (κ3) is 5.24. The molecule has 0 aliphatic rings. The van der Waals surface area contributed by atoms with Crippen molar-refractivity contribution in [3.63, 3.8) is 0 Å². The Hall–Kier alpha value is -2.89. The minimum atomic E-state index is -0.548. The van der Waals surface area contributed by atoms with Crippen molar-refractivity contribution in [3.8, 4) is 5.69 Å². The third-order valence-electron chi connectivity index (χ3n) is 5.98. The standard InChI is InChI=1S/C26H33N3O2/c1-17-9-10-21(13-19(17)3)28-16-22(30)11-12-25-23(15-27)20(4)14-26(31)29(25)24-8-6-5-7-18(24)2/h5-10,13-14,22,28,30H,11-12,15-16,27H2,1-4H3. The Balaban J connectivity index is 1.82. The molecule has 0 radical (unpaired) electrons. The van der Waals surface area contributed by atoms with Gasteiger partial charge in [0, 0.05) is 30.5 Å². The minimum Gasteiger partial charge on any atom is -0.391 e. The number of pyridine rings is 1. The second-order valence-corrected chi connectivity index (χ2v) is 8.29. The van der Waals surface area contributed by atoms with Crippen LogP contribution in [0, 0.1) is 27.7 Å². The summed E-state index contributed by atoms with van der Waals surface area (Å²) in [6.07, 6.45) is 0.542. The zero-order valence-electron chi connectivity index (χ0n) is 18.9. The van der Waals surface area contributed by atoms with Crippen LogP contribution in [0.2, 0.25) is 0 Å². The first kappa shape index (κ1) is 22.8. The summed E-state index contributed by atoms with van der Waals surface area (Å²) in [6, 6.07) is 15.7. The van der Waals surface area contributed by atoms with Gasteiger partial charge in [0.1, 0.15) is 0 Å². The molecule has 31 heavy (non-hydrogen) atoms. The molecule has 3 aromatic rings. The summed E-state index contributed by atoms with van der Waals surface area (Å²) in [4.78, 5) is 12.9. The SMILES string of the molecule is Cc1ccc(NCC(O)CCc2c(CN)c(C)cc(=O)n2-c2ccccc2C)cc1C. The van der Waals surface area contributed by atoms with Gasteiger partial charge in [0.25, 0.3) is 5.56 Å².